The van der Waals surface area contributed by atoms with E-state index in [9.17, 15) is 4.79 Å². The van der Waals surface area contributed by atoms with Gasteiger partial charge in [-0.15, -0.1) is 0 Å². The maximum absolute atomic E-state index is 12.1. The Kier molecular flexibility index (Phi) is 4.37. The van der Waals surface area contributed by atoms with Crippen molar-refractivity contribution in [3.05, 3.63) is 54.4 Å². The first-order valence-corrected chi connectivity index (χ1v) is 9.15. The number of aromatic nitrogens is 2. The largest absolute Gasteiger partial charge is 0.459 e. The van der Waals surface area contributed by atoms with E-state index < -0.39 is 0 Å². The Labute approximate surface area is 153 Å². The van der Waals surface area contributed by atoms with Gasteiger partial charge in [-0.1, -0.05) is 6.07 Å². The van der Waals surface area contributed by atoms with E-state index in [0.29, 0.717) is 5.56 Å². The summed E-state index contributed by atoms with van der Waals surface area (Å²) in [6.45, 7) is 5.93. The summed E-state index contributed by atoms with van der Waals surface area (Å²) in [7, 11) is 0. The predicted octanol–water partition coefficient (Wildman–Crippen LogP) is 4.19. The topological polar surface area (TPSA) is 47.4 Å². The number of nitrogens with zero attached hydrogens (tertiary/aromatic N) is 3. The third-order valence-corrected chi connectivity index (χ3v) is 4.70. The molecule has 0 atom stereocenters. The van der Waals surface area contributed by atoms with E-state index in [0.717, 1.165) is 29.8 Å². The van der Waals surface area contributed by atoms with Crippen LogP contribution in [0.15, 0.2) is 48.8 Å². The van der Waals surface area contributed by atoms with Crippen LogP contribution in [0.3, 0.4) is 0 Å². The maximum Gasteiger partial charge on any atom is 0.338 e. The molecule has 2 aromatic carbocycles. The highest BCUT2D eigenvalue weighted by molar-refractivity contribution is 5.94. The lowest BCUT2D eigenvalue weighted by molar-refractivity contribution is 0.0378. The highest BCUT2D eigenvalue weighted by atomic mass is 16.5. The summed E-state index contributed by atoms with van der Waals surface area (Å²) in [6.07, 6.45) is 4.19. The van der Waals surface area contributed by atoms with Crippen molar-refractivity contribution >= 4 is 22.7 Å². The Morgan fingerprint density at radius 2 is 1.85 bits per heavy atom. The quantitative estimate of drug-likeness (QED) is 0.663. The van der Waals surface area contributed by atoms with Gasteiger partial charge in [-0.05, 0) is 63.1 Å². The maximum atomic E-state index is 12.1. The van der Waals surface area contributed by atoms with Crippen LogP contribution in [0, 0.1) is 0 Å². The molecule has 1 saturated heterocycles. The highest BCUT2D eigenvalue weighted by Gasteiger charge is 2.15. The van der Waals surface area contributed by atoms with Crippen LogP contribution in [-0.4, -0.2) is 34.7 Å². The van der Waals surface area contributed by atoms with Crippen LogP contribution in [0.2, 0.25) is 0 Å². The van der Waals surface area contributed by atoms with Crippen LogP contribution >= 0.6 is 0 Å². The number of benzene rings is 2. The van der Waals surface area contributed by atoms with Crippen molar-refractivity contribution in [2.45, 2.75) is 32.8 Å². The molecule has 0 N–H and O–H groups in total. The molecule has 4 rings (SSSR count). The first-order valence-electron chi connectivity index (χ1n) is 9.15. The van der Waals surface area contributed by atoms with E-state index in [2.05, 4.69) is 38.7 Å². The molecular formula is C21H23N3O2. The Morgan fingerprint density at radius 3 is 2.62 bits per heavy atom. The zero-order valence-electron chi connectivity index (χ0n) is 15.2. The number of fused-ring (bicyclic) bond motifs is 1. The molecule has 0 saturated carbocycles. The van der Waals surface area contributed by atoms with Gasteiger partial charge in [0.1, 0.15) is 6.33 Å². The molecule has 5 heteroatoms. The standard InChI is InChI=1S/C21H23N3O2/c1-15(2)26-21(25)16-8-9-20-19(12-16)22-14-24(20)18-7-5-6-17(13-18)23-10-3-4-11-23/h5-9,12-15H,3-4,10-11H2,1-2H3. The van der Waals surface area contributed by atoms with E-state index in [1.807, 2.05) is 26.2 Å². The molecule has 1 fully saturated rings. The molecule has 134 valence electrons. The van der Waals surface area contributed by atoms with Gasteiger partial charge in [-0.3, -0.25) is 4.57 Å². The van der Waals surface area contributed by atoms with Gasteiger partial charge in [-0.2, -0.15) is 0 Å². The Morgan fingerprint density at radius 1 is 1.08 bits per heavy atom. The lowest BCUT2D eigenvalue weighted by Crippen LogP contribution is -2.17. The molecule has 0 radical (unpaired) electrons. The van der Waals surface area contributed by atoms with Crippen molar-refractivity contribution in [2.75, 3.05) is 18.0 Å². The molecular weight excluding hydrogens is 326 g/mol. The lowest BCUT2D eigenvalue weighted by Gasteiger charge is -2.18. The van der Waals surface area contributed by atoms with Gasteiger partial charge >= 0.3 is 5.97 Å². The molecule has 5 nitrogen and oxygen atoms in total. The summed E-state index contributed by atoms with van der Waals surface area (Å²) in [5.41, 5.74) is 4.62. The van der Waals surface area contributed by atoms with E-state index in [4.69, 9.17) is 4.74 Å². The Bertz CT molecular complexity index is 939. The molecule has 0 unspecified atom stereocenters. The van der Waals surface area contributed by atoms with Crippen LogP contribution in [0.1, 0.15) is 37.0 Å². The summed E-state index contributed by atoms with van der Waals surface area (Å²) >= 11 is 0. The molecule has 1 aliphatic heterocycles. The number of esters is 1. The fraction of sp³-hybridized carbons (Fsp3) is 0.333. The number of ether oxygens (including phenoxy) is 1. The van der Waals surface area contributed by atoms with Crippen LogP contribution in [-0.2, 0) is 4.74 Å². The average Bonchev–Trinajstić information content (AvgIpc) is 3.30. The van der Waals surface area contributed by atoms with Crippen molar-refractivity contribution < 1.29 is 9.53 Å². The summed E-state index contributed by atoms with van der Waals surface area (Å²) in [5, 5.41) is 0. The number of carbonyl (C=O) groups excluding carboxylic acids is 1. The van der Waals surface area contributed by atoms with Crippen molar-refractivity contribution in [1.82, 2.24) is 9.55 Å². The fourth-order valence-corrected chi connectivity index (χ4v) is 3.44. The number of anilines is 1. The number of carbonyl (C=O) groups is 1. The van der Waals surface area contributed by atoms with Gasteiger partial charge in [0.05, 0.1) is 22.7 Å². The zero-order chi connectivity index (χ0) is 18.1. The normalized spacial score (nSPS) is 14.3. The van der Waals surface area contributed by atoms with Crippen LogP contribution in [0.25, 0.3) is 16.7 Å². The molecule has 0 amide bonds. The van der Waals surface area contributed by atoms with E-state index in [1.54, 1.807) is 12.1 Å². The first-order chi connectivity index (χ1) is 12.6. The van der Waals surface area contributed by atoms with E-state index in [-0.39, 0.29) is 12.1 Å². The molecule has 0 spiro atoms. The minimum atomic E-state index is -0.313. The number of hydrogen-bond donors (Lipinski definition) is 0. The number of imidazole rings is 1. The SMILES string of the molecule is CC(C)OC(=O)c1ccc2c(c1)ncn2-c1cccc(N2CCCC2)c1. The van der Waals surface area contributed by atoms with Crippen LogP contribution in [0.4, 0.5) is 5.69 Å². The molecule has 0 aliphatic carbocycles. The second-order valence-corrected chi connectivity index (χ2v) is 6.99. The fourth-order valence-electron chi connectivity index (χ4n) is 3.44. The second kappa shape index (κ2) is 6.83. The monoisotopic (exact) mass is 349 g/mol. The summed E-state index contributed by atoms with van der Waals surface area (Å²) < 4.78 is 7.33. The zero-order valence-corrected chi connectivity index (χ0v) is 15.2. The summed E-state index contributed by atoms with van der Waals surface area (Å²) in [5.74, 6) is -0.313. The molecule has 3 aromatic rings. The number of hydrogen-bond acceptors (Lipinski definition) is 4. The third kappa shape index (κ3) is 3.17. The van der Waals surface area contributed by atoms with Gasteiger partial charge in [0.2, 0.25) is 0 Å². The lowest BCUT2D eigenvalue weighted by atomic mass is 10.2. The molecule has 1 aliphatic rings. The smallest absolute Gasteiger partial charge is 0.338 e. The first kappa shape index (κ1) is 16.6. The molecule has 26 heavy (non-hydrogen) atoms. The Balaban J connectivity index is 1.67. The average molecular weight is 349 g/mol. The van der Waals surface area contributed by atoms with Gasteiger partial charge in [0.25, 0.3) is 0 Å². The summed E-state index contributed by atoms with van der Waals surface area (Å²) in [6, 6.07) is 14.1. The van der Waals surface area contributed by atoms with Crippen molar-refractivity contribution in [2.24, 2.45) is 0 Å². The molecule has 1 aromatic heterocycles. The summed E-state index contributed by atoms with van der Waals surface area (Å²) in [4.78, 5) is 19.0. The van der Waals surface area contributed by atoms with Gasteiger partial charge in [-0.25, -0.2) is 9.78 Å². The van der Waals surface area contributed by atoms with Gasteiger partial charge in [0, 0.05) is 24.5 Å². The molecule has 0 bridgehead atoms. The van der Waals surface area contributed by atoms with Crippen molar-refractivity contribution in [1.29, 1.82) is 0 Å². The minimum Gasteiger partial charge on any atom is -0.459 e. The molecule has 2 heterocycles. The van der Waals surface area contributed by atoms with E-state index >= 15 is 0 Å². The highest BCUT2D eigenvalue weighted by Crippen LogP contribution is 2.25. The predicted molar refractivity (Wildman–Crippen MR) is 103 cm³/mol. The number of rotatable bonds is 4. The van der Waals surface area contributed by atoms with Crippen LogP contribution < -0.4 is 4.90 Å². The van der Waals surface area contributed by atoms with Crippen molar-refractivity contribution in [3.63, 3.8) is 0 Å². The van der Waals surface area contributed by atoms with Crippen LogP contribution in [0.5, 0.6) is 0 Å². The Hall–Kier alpha value is -2.82. The third-order valence-electron chi connectivity index (χ3n) is 4.70. The van der Waals surface area contributed by atoms with Crippen molar-refractivity contribution in [3.8, 4) is 5.69 Å². The van der Waals surface area contributed by atoms with Gasteiger partial charge < -0.3 is 9.64 Å². The minimum absolute atomic E-state index is 0.135. The van der Waals surface area contributed by atoms with E-state index in [1.165, 1.54) is 18.5 Å². The second-order valence-electron chi connectivity index (χ2n) is 6.99. The van der Waals surface area contributed by atoms with Gasteiger partial charge in [0.15, 0.2) is 0 Å².